The molecule has 0 radical (unpaired) electrons. The molecule has 0 saturated carbocycles. The highest BCUT2D eigenvalue weighted by Gasteiger charge is 2.21. The van der Waals surface area contributed by atoms with E-state index in [-0.39, 0.29) is 10.6 Å². The Morgan fingerprint density at radius 3 is 3.05 bits per heavy atom. The third kappa shape index (κ3) is 3.52. The summed E-state index contributed by atoms with van der Waals surface area (Å²) in [6.45, 7) is 5.03. The van der Waals surface area contributed by atoms with Crippen molar-refractivity contribution in [1.29, 1.82) is 0 Å². The molecule has 2 heterocycles. The summed E-state index contributed by atoms with van der Waals surface area (Å²) in [6, 6.07) is 0.479. The van der Waals surface area contributed by atoms with E-state index in [0.717, 1.165) is 38.2 Å². The van der Waals surface area contributed by atoms with E-state index in [2.05, 4.69) is 22.2 Å². The summed E-state index contributed by atoms with van der Waals surface area (Å²) in [5.41, 5.74) is 0.530. The van der Waals surface area contributed by atoms with E-state index in [1.807, 2.05) is 0 Å². The van der Waals surface area contributed by atoms with E-state index in [1.165, 1.54) is 17.5 Å². The minimum Gasteiger partial charge on any atom is -0.367 e. The second-order valence-electron chi connectivity index (χ2n) is 5.37. The molecule has 1 N–H and O–H groups in total. The van der Waals surface area contributed by atoms with Gasteiger partial charge in [0.15, 0.2) is 0 Å². The summed E-state index contributed by atoms with van der Waals surface area (Å²) in [7, 11) is 1.62. The molecular weight excluding hydrogens is 276 g/mol. The van der Waals surface area contributed by atoms with Crippen molar-refractivity contribution in [2.75, 3.05) is 24.5 Å². The third-order valence-electron chi connectivity index (χ3n) is 3.79. The molecule has 1 atom stereocenters. The molecule has 6 heteroatoms. The van der Waals surface area contributed by atoms with Crippen LogP contribution in [0, 0.1) is 0 Å². The molecule has 1 fully saturated rings. The van der Waals surface area contributed by atoms with Crippen LogP contribution in [0.3, 0.4) is 0 Å². The largest absolute Gasteiger partial charge is 0.367 e. The number of halogens is 1. The molecule has 0 aromatic carbocycles. The van der Waals surface area contributed by atoms with Gasteiger partial charge in [0.05, 0.1) is 11.9 Å². The van der Waals surface area contributed by atoms with Gasteiger partial charge in [0.25, 0.3) is 5.56 Å². The van der Waals surface area contributed by atoms with Crippen LogP contribution >= 0.6 is 11.6 Å². The standard InChI is InChI=1S/C14H23ClN4O/c1-3-4-8-19(10-11-6-5-7-16-11)12-9-17-18(2)14(20)13(12)15/h9,11,16H,3-8,10H2,1-2H3. The van der Waals surface area contributed by atoms with E-state index >= 15 is 0 Å². The second kappa shape index (κ2) is 7.09. The van der Waals surface area contributed by atoms with Gasteiger partial charge in [0.1, 0.15) is 5.02 Å². The van der Waals surface area contributed by atoms with Crippen molar-refractivity contribution in [3.63, 3.8) is 0 Å². The van der Waals surface area contributed by atoms with Crippen LogP contribution in [0.4, 0.5) is 5.69 Å². The Labute approximate surface area is 124 Å². The summed E-state index contributed by atoms with van der Waals surface area (Å²) in [6.07, 6.45) is 6.30. The first kappa shape index (κ1) is 15.3. The zero-order chi connectivity index (χ0) is 14.5. The fourth-order valence-corrected chi connectivity index (χ4v) is 2.85. The van der Waals surface area contributed by atoms with Gasteiger partial charge in [-0.05, 0) is 25.8 Å². The SMILES string of the molecule is CCCCN(CC1CCCN1)c1cnn(C)c(=O)c1Cl. The Balaban J connectivity index is 2.20. The number of nitrogens with one attached hydrogen (secondary N) is 1. The summed E-state index contributed by atoms with van der Waals surface area (Å²) >= 11 is 6.22. The van der Waals surface area contributed by atoms with Crippen molar-refractivity contribution in [2.45, 2.75) is 38.6 Å². The molecular formula is C14H23ClN4O. The molecule has 20 heavy (non-hydrogen) atoms. The molecule has 1 unspecified atom stereocenters. The number of hydrogen-bond acceptors (Lipinski definition) is 4. The average molecular weight is 299 g/mol. The van der Waals surface area contributed by atoms with Gasteiger partial charge >= 0.3 is 0 Å². The minimum atomic E-state index is -0.231. The van der Waals surface area contributed by atoms with Gasteiger partial charge in [-0.2, -0.15) is 5.10 Å². The first-order chi connectivity index (χ1) is 9.63. The summed E-state index contributed by atoms with van der Waals surface area (Å²) in [5.74, 6) is 0. The van der Waals surface area contributed by atoms with Crippen LogP contribution in [0.5, 0.6) is 0 Å². The molecule has 1 saturated heterocycles. The molecule has 2 rings (SSSR count). The maximum Gasteiger partial charge on any atom is 0.287 e. The van der Waals surface area contributed by atoms with Gasteiger partial charge in [-0.3, -0.25) is 4.79 Å². The Kier molecular flexibility index (Phi) is 5.43. The molecule has 0 bridgehead atoms. The Morgan fingerprint density at radius 1 is 1.60 bits per heavy atom. The van der Waals surface area contributed by atoms with Gasteiger partial charge in [0.2, 0.25) is 0 Å². The Bertz CT molecular complexity index is 496. The number of aryl methyl sites for hydroxylation is 1. The first-order valence-electron chi connectivity index (χ1n) is 7.33. The lowest BCUT2D eigenvalue weighted by Gasteiger charge is -2.28. The van der Waals surface area contributed by atoms with Crippen molar-refractivity contribution in [3.8, 4) is 0 Å². The number of hydrogen-bond donors (Lipinski definition) is 1. The maximum atomic E-state index is 11.9. The lowest BCUT2D eigenvalue weighted by Crippen LogP contribution is -2.39. The molecule has 112 valence electrons. The monoisotopic (exact) mass is 298 g/mol. The molecule has 1 aliphatic rings. The predicted octanol–water partition coefficient (Wildman–Crippen LogP) is 1.79. The van der Waals surface area contributed by atoms with E-state index in [1.54, 1.807) is 13.2 Å². The average Bonchev–Trinajstić information content (AvgIpc) is 2.94. The molecule has 1 aromatic heterocycles. The molecule has 0 aliphatic carbocycles. The number of rotatable bonds is 6. The molecule has 5 nitrogen and oxygen atoms in total. The summed E-state index contributed by atoms with van der Waals surface area (Å²) in [4.78, 5) is 14.1. The number of aromatic nitrogens is 2. The van der Waals surface area contributed by atoms with Crippen LogP contribution in [-0.2, 0) is 7.05 Å². The van der Waals surface area contributed by atoms with E-state index in [4.69, 9.17) is 11.6 Å². The van der Waals surface area contributed by atoms with Gasteiger partial charge in [-0.1, -0.05) is 24.9 Å². The highest BCUT2D eigenvalue weighted by molar-refractivity contribution is 6.33. The van der Waals surface area contributed by atoms with Crippen LogP contribution in [0.15, 0.2) is 11.0 Å². The highest BCUT2D eigenvalue weighted by atomic mass is 35.5. The number of unbranched alkanes of at least 4 members (excludes halogenated alkanes) is 1. The van der Waals surface area contributed by atoms with Crippen molar-refractivity contribution in [1.82, 2.24) is 15.1 Å². The Morgan fingerprint density at radius 2 is 2.40 bits per heavy atom. The fraction of sp³-hybridized carbons (Fsp3) is 0.714. The Hall–Kier alpha value is -1.07. The van der Waals surface area contributed by atoms with Gasteiger partial charge in [-0.15, -0.1) is 0 Å². The zero-order valence-electron chi connectivity index (χ0n) is 12.2. The van der Waals surface area contributed by atoms with Crippen LogP contribution in [0.25, 0.3) is 0 Å². The van der Waals surface area contributed by atoms with Crippen molar-refractivity contribution in [2.24, 2.45) is 7.05 Å². The molecule has 0 amide bonds. The third-order valence-corrected chi connectivity index (χ3v) is 4.14. The van der Waals surface area contributed by atoms with Crippen LogP contribution in [0.1, 0.15) is 32.6 Å². The van der Waals surface area contributed by atoms with Crippen molar-refractivity contribution >= 4 is 17.3 Å². The summed E-state index contributed by atoms with van der Waals surface area (Å²) in [5, 5.41) is 7.87. The topological polar surface area (TPSA) is 50.2 Å². The highest BCUT2D eigenvalue weighted by Crippen LogP contribution is 2.22. The minimum absolute atomic E-state index is 0.231. The van der Waals surface area contributed by atoms with E-state index < -0.39 is 0 Å². The van der Waals surface area contributed by atoms with E-state index in [9.17, 15) is 4.79 Å². The number of nitrogens with zero attached hydrogens (tertiary/aromatic N) is 3. The zero-order valence-corrected chi connectivity index (χ0v) is 13.0. The normalized spacial score (nSPS) is 18.4. The maximum absolute atomic E-state index is 11.9. The lowest BCUT2D eigenvalue weighted by molar-refractivity contribution is 0.570. The fourth-order valence-electron chi connectivity index (χ4n) is 2.56. The van der Waals surface area contributed by atoms with Crippen molar-refractivity contribution in [3.05, 3.63) is 21.6 Å². The van der Waals surface area contributed by atoms with E-state index in [0.29, 0.717) is 6.04 Å². The second-order valence-corrected chi connectivity index (χ2v) is 5.74. The molecule has 1 aliphatic heterocycles. The van der Waals surface area contributed by atoms with Crippen molar-refractivity contribution < 1.29 is 0 Å². The molecule has 0 spiro atoms. The number of anilines is 1. The first-order valence-corrected chi connectivity index (χ1v) is 7.71. The summed E-state index contributed by atoms with van der Waals surface area (Å²) < 4.78 is 1.28. The smallest absolute Gasteiger partial charge is 0.287 e. The van der Waals surface area contributed by atoms with Crippen LogP contribution in [-0.4, -0.2) is 35.5 Å². The van der Waals surface area contributed by atoms with Crippen LogP contribution < -0.4 is 15.8 Å². The van der Waals surface area contributed by atoms with Crippen LogP contribution in [0.2, 0.25) is 5.02 Å². The van der Waals surface area contributed by atoms with Gasteiger partial charge in [0, 0.05) is 26.2 Å². The van der Waals surface area contributed by atoms with Gasteiger partial charge in [-0.25, -0.2) is 4.68 Å². The predicted molar refractivity (Wildman–Crippen MR) is 82.6 cm³/mol. The van der Waals surface area contributed by atoms with Gasteiger partial charge < -0.3 is 10.2 Å². The quantitative estimate of drug-likeness (QED) is 0.870. The molecule has 1 aromatic rings. The lowest BCUT2D eigenvalue weighted by atomic mass is 10.2.